The molecule has 138 valence electrons. The Morgan fingerprint density at radius 2 is 2.11 bits per heavy atom. The molecule has 0 aliphatic carbocycles. The summed E-state index contributed by atoms with van der Waals surface area (Å²) in [5, 5.41) is 7.31. The van der Waals surface area contributed by atoms with Crippen molar-refractivity contribution in [1.29, 1.82) is 0 Å². The van der Waals surface area contributed by atoms with Crippen LogP contribution in [-0.4, -0.2) is 39.9 Å². The number of amides is 1. The maximum atomic E-state index is 12.4. The third-order valence-electron chi connectivity index (χ3n) is 4.26. The summed E-state index contributed by atoms with van der Waals surface area (Å²) in [6.07, 6.45) is 3.35. The topological polar surface area (TPSA) is 99.2 Å². The van der Waals surface area contributed by atoms with Gasteiger partial charge in [0.1, 0.15) is 6.04 Å². The number of rotatable bonds is 4. The van der Waals surface area contributed by atoms with Gasteiger partial charge in [-0.2, -0.15) is 5.10 Å². The molecule has 4 rings (SSSR count). The fourth-order valence-corrected chi connectivity index (χ4v) is 3.24. The average Bonchev–Trinajstić information content (AvgIpc) is 3.32. The van der Waals surface area contributed by atoms with Gasteiger partial charge in [-0.05, 0) is 46.3 Å². The molecule has 1 aliphatic heterocycles. The summed E-state index contributed by atoms with van der Waals surface area (Å²) in [5.74, 6) is -0.199. The predicted molar refractivity (Wildman–Crippen MR) is 99.2 cm³/mol. The van der Waals surface area contributed by atoms with Crippen molar-refractivity contribution >= 4 is 21.8 Å². The van der Waals surface area contributed by atoms with Gasteiger partial charge in [0, 0.05) is 24.0 Å². The first-order chi connectivity index (χ1) is 13.1. The third kappa shape index (κ3) is 3.69. The van der Waals surface area contributed by atoms with Crippen molar-refractivity contribution in [3.8, 4) is 11.3 Å². The minimum Gasteiger partial charge on any atom is -0.444 e. The van der Waals surface area contributed by atoms with Crippen LogP contribution >= 0.6 is 15.9 Å². The van der Waals surface area contributed by atoms with Crippen LogP contribution in [0, 0.1) is 0 Å². The highest BCUT2D eigenvalue weighted by molar-refractivity contribution is 9.10. The summed E-state index contributed by atoms with van der Waals surface area (Å²) in [5.41, 5.74) is 1.15. The zero-order valence-corrected chi connectivity index (χ0v) is 15.6. The minimum absolute atomic E-state index is 0.178. The van der Waals surface area contributed by atoms with Crippen molar-refractivity contribution in [2.24, 2.45) is 0 Å². The number of carbonyl (C=O) groups is 1. The molecule has 0 bridgehead atoms. The number of ether oxygens (including phenoxy) is 1. The molecule has 1 amide bonds. The molecule has 0 spiro atoms. The Morgan fingerprint density at radius 1 is 1.22 bits per heavy atom. The number of furan rings is 1. The first-order valence-electron chi connectivity index (χ1n) is 8.26. The van der Waals surface area contributed by atoms with E-state index in [1.807, 2.05) is 6.07 Å². The minimum atomic E-state index is -0.420. The van der Waals surface area contributed by atoms with Crippen molar-refractivity contribution in [3.63, 3.8) is 0 Å². The fourth-order valence-electron chi connectivity index (χ4n) is 2.93. The first kappa shape index (κ1) is 17.6. The predicted octanol–water partition coefficient (Wildman–Crippen LogP) is 2.03. The molecule has 8 nitrogen and oxygen atoms in total. The number of hydrogen-bond acceptors (Lipinski definition) is 6. The highest BCUT2D eigenvalue weighted by Gasteiger charge is 2.33. The number of nitrogens with zero attached hydrogens (tertiary/aromatic N) is 3. The lowest BCUT2D eigenvalue weighted by atomic mass is 10.1. The van der Waals surface area contributed by atoms with E-state index in [-0.39, 0.29) is 30.4 Å². The lowest BCUT2D eigenvalue weighted by Gasteiger charge is -2.20. The average molecular weight is 431 g/mol. The van der Waals surface area contributed by atoms with Crippen LogP contribution in [0.5, 0.6) is 0 Å². The highest BCUT2D eigenvalue weighted by atomic mass is 79.9. The summed E-state index contributed by atoms with van der Waals surface area (Å²) in [6.45, 7) is 0.555. The lowest BCUT2D eigenvalue weighted by Crippen LogP contribution is -2.44. The number of halogens is 1. The molecule has 2 unspecified atom stereocenters. The Hall–Kier alpha value is -2.78. The molecule has 0 radical (unpaired) electrons. The van der Waals surface area contributed by atoms with E-state index in [1.54, 1.807) is 36.7 Å². The number of nitrogens with one attached hydrogen (secondary N) is 1. The molecule has 9 heteroatoms. The number of hydrogen-bond donors (Lipinski definition) is 1. The maximum Gasteiger partial charge on any atom is 0.287 e. The molecule has 1 aliphatic rings. The van der Waals surface area contributed by atoms with Crippen LogP contribution in [0.15, 0.2) is 62.7 Å². The van der Waals surface area contributed by atoms with Gasteiger partial charge in [-0.25, -0.2) is 4.68 Å². The van der Waals surface area contributed by atoms with Crippen molar-refractivity contribution in [1.82, 2.24) is 20.1 Å². The van der Waals surface area contributed by atoms with Crippen LogP contribution < -0.4 is 10.9 Å². The third-order valence-corrected chi connectivity index (χ3v) is 4.69. The summed E-state index contributed by atoms with van der Waals surface area (Å²) < 4.78 is 12.6. The summed E-state index contributed by atoms with van der Waals surface area (Å²) >= 11 is 3.17. The van der Waals surface area contributed by atoms with Gasteiger partial charge in [-0.3, -0.25) is 14.6 Å². The molecule has 27 heavy (non-hydrogen) atoms. The molecule has 2 atom stereocenters. The highest BCUT2D eigenvalue weighted by Crippen LogP contribution is 2.21. The molecule has 1 fully saturated rings. The van der Waals surface area contributed by atoms with Gasteiger partial charge in [0.25, 0.3) is 11.5 Å². The Kier molecular flexibility index (Phi) is 4.87. The van der Waals surface area contributed by atoms with Crippen molar-refractivity contribution in [3.05, 3.63) is 69.6 Å². The number of aromatic nitrogens is 3. The van der Waals surface area contributed by atoms with Gasteiger partial charge in [0.2, 0.25) is 0 Å². The fraction of sp³-hybridized carbons (Fsp3) is 0.222. The Balaban J connectivity index is 1.60. The molecule has 4 heterocycles. The Bertz CT molecular complexity index is 1020. The maximum absolute atomic E-state index is 12.4. The smallest absolute Gasteiger partial charge is 0.287 e. The monoisotopic (exact) mass is 430 g/mol. The van der Waals surface area contributed by atoms with Crippen molar-refractivity contribution in [2.45, 2.75) is 12.1 Å². The molecular formula is C18H15BrN4O4. The van der Waals surface area contributed by atoms with Gasteiger partial charge in [0.05, 0.1) is 24.9 Å². The molecule has 1 saturated heterocycles. The van der Waals surface area contributed by atoms with Crippen LogP contribution in [0.2, 0.25) is 0 Å². The van der Waals surface area contributed by atoms with Crippen LogP contribution in [-0.2, 0) is 4.74 Å². The van der Waals surface area contributed by atoms with Gasteiger partial charge >= 0.3 is 0 Å². The zero-order valence-electron chi connectivity index (χ0n) is 14.0. The van der Waals surface area contributed by atoms with E-state index in [0.29, 0.717) is 10.4 Å². The second-order valence-corrected chi connectivity index (χ2v) is 6.81. The van der Waals surface area contributed by atoms with Crippen LogP contribution in [0.4, 0.5) is 0 Å². The van der Waals surface area contributed by atoms with E-state index < -0.39 is 12.1 Å². The van der Waals surface area contributed by atoms with Crippen LogP contribution in [0.3, 0.4) is 0 Å². The van der Waals surface area contributed by atoms with E-state index >= 15 is 0 Å². The molecule has 0 saturated carbocycles. The van der Waals surface area contributed by atoms with E-state index in [4.69, 9.17) is 9.15 Å². The summed E-state index contributed by atoms with van der Waals surface area (Å²) in [4.78, 5) is 28.8. The van der Waals surface area contributed by atoms with Crippen molar-refractivity contribution in [2.75, 3.05) is 13.2 Å². The van der Waals surface area contributed by atoms with Crippen LogP contribution in [0.25, 0.3) is 11.3 Å². The molecular weight excluding hydrogens is 416 g/mol. The Morgan fingerprint density at radius 3 is 2.85 bits per heavy atom. The largest absolute Gasteiger partial charge is 0.444 e. The quantitative estimate of drug-likeness (QED) is 0.679. The van der Waals surface area contributed by atoms with E-state index in [9.17, 15) is 9.59 Å². The van der Waals surface area contributed by atoms with E-state index in [2.05, 4.69) is 31.3 Å². The number of pyridine rings is 1. The SMILES string of the molecule is O=C(NC1COCC1n1nc(-c2cccnc2)ccc1=O)c1ccc(Br)o1. The molecule has 1 N–H and O–H groups in total. The second kappa shape index (κ2) is 7.45. The van der Waals surface area contributed by atoms with Gasteiger partial charge < -0.3 is 14.5 Å². The van der Waals surface area contributed by atoms with E-state index in [1.165, 1.54) is 10.7 Å². The normalized spacial score (nSPS) is 19.1. The Labute approximate surface area is 162 Å². The summed E-state index contributed by atoms with van der Waals surface area (Å²) in [7, 11) is 0. The van der Waals surface area contributed by atoms with Gasteiger partial charge in [-0.1, -0.05) is 0 Å². The molecule has 3 aromatic rings. The summed E-state index contributed by atoms with van der Waals surface area (Å²) in [6, 6.07) is 9.15. The van der Waals surface area contributed by atoms with E-state index in [0.717, 1.165) is 5.56 Å². The van der Waals surface area contributed by atoms with Crippen LogP contribution in [0.1, 0.15) is 16.6 Å². The number of carbonyl (C=O) groups excluding carboxylic acids is 1. The van der Waals surface area contributed by atoms with Crippen molar-refractivity contribution < 1.29 is 13.9 Å². The molecule has 0 aromatic carbocycles. The lowest BCUT2D eigenvalue weighted by molar-refractivity contribution is 0.0895. The second-order valence-electron chi connectivity index (χ2n) is 6.03. The van der Waals surface area contributed by atoms with Gasteiger partial charge in [-0.15, -0.1) is 0 Å². The zero-order chi connectivity index (χ0) is 18.8. The standard InChI is InChI=1S/C18H15BrN4O4/c19-16-5-4-15(27-16)18(25)21-13-9-26-10-14(13)23-17(24)6-3-12(22-23)11-2-1-7-20-8-11/h1-8,13-14H,9-10H2,(H,21,25). The first-order valence-corrected chi connectivity index (χ1v) is 9.05. The molecule has 3 aromatic heterocycles. The van der Waals surface area contributed by atoms with Gasteiger partial charge in [0.15, 0.2) is 10.4 Å².